The van der Waals surface area contributed by atoms with Crippen LogP contribution in [0.25, 0.3) is 0 Å². The molecule has 0 saturated carbocycles. The largest absolute Gasteiger partial charge is 0.493 e. The highest BCUT2D eigenvalue weighted by molar-refractivity contribution is 6.35. The number of ketones is 1. The monoisotopic (exact) mass is 292 g/mol. The van der Waals surface area contributed by atoms with Gasteiger partial charge in [-0.15, -0.1) is 0 Å². The molecule has 0 amide bonds. The van der Waals surface area contributed by atoms with E-state index >= 15 is 0 Å². The zero-order chi connectivity index (χ0) is 14.7. The molecule has 0 atom stereocenters. The van der Waals surface area contributed by atoms with Crippen molar-refractivity contribution in [1.29, 1.82) is 0 Å². The minimum absolute atomic E-state index is 0.169. The van der Waals surface area contributed by atoms with Crippen LogP contribution in [0.2, 0.25) is 5.02 Å². The van der Waals surface area contributed by atoms with Gasteiger partial charge in [0.15, 0.2) is 11.4 Å². The van der Waals surface area contributed by atoms with E-state index in [9.17, 15) is 4.79 Å². The molecule has 106 valence electrons. The summed E-state index contributed by atoms with van der Waals surface area (Å²) in [5, 5.41) is 4.64. The average Bonchev–Trinajstić information content (AvgIpc) is 2.81. The molecule has 2 aromatic rings. The Hall–Kier alpha value is -1.81. The molecule has 0 aliphatic heterocycles. The number of nitrogens with zero attached hydrogens (tertiary/aromatic N) is 2. The molecule has 20 heavy (non-hydrogen) atoms. The summed E-state index contributed by atoms with van der Waals surface area (Å²) in [4.78, 5) is 12.7. The Morgan fingerprint density at radius 2 is 2.20 bits per heavy atom. The number of aromatic nitrogens is 2. The van der Waals surface area contributed by atoms with E-state index in [1.807, 2.05) is 19.9 Å². The zero-order valence-electron chi connectivity index (χ0n) is 11.8. The predicted molar refractivity (Wildman–Crippen MR) is 78.7 cm³/mol. The summed E-state index contributed by atoms with van der Waals surface area (Å²) < 4.78 is 6.90. The van der Waals surface area contributed by atoms with E-state index in [1.165, 1.54) is 7.11 Å². The van der Waals surface area contributed by atoms with Crippen molar-refractivity contribution >= 4 is 17.4 Å². The Morgan fingerprint density at radius 1 is 1.45 bits per heavy atom. The standard InChI is InChI=1S/C15H17ClN2O2/c1-4-7-18-14(13(20-3)9-17-18)15(19)11-6-5-10(2)8-12(11)16/h5-6,8-9H,4,7H2,1-3H3. The summed E-state index contributed by atoms with van der Waals surface area (Å²) in [5.41, 5.74) is 1.93. The van der Waals surface area contributed by atoms with Crippen LogP contribution in [-0.4, -0.2) is 22.7 Å². The highest BCUT2D eigenvalue weighted by Gasteiger charge is 2.22. The second kappa shape index (κ2) is 6.09. The number of benzene rings is 1. The van der Waals surface area contributed by atoms with Crippen LogP contribution in [0.4, 0.5) is 0 Å². The maximum Gasteiger partial charge on any atom is 0.216 e. The van der Waals surface area contributed by atoms with Crippen molar-refractivity contribution in [3.05, 3.63) is 46.2 Å². The van der Waals surface area contributed by atoms with E-state index in [2.05, 4.69) is 5.10 Å². The molecule has 4 nitrogen and oxygen atoms in total. The fraction of sp³-hybridized carbons (Fsp3) is 0.333. The first-order valence-corrected chi connectivity index (χ1v) is 6.87. The van der Waals surface area contributed by atoms with E-state index in [4.69, 9.17) is 16.3 Å². The zero-order valence-corrected chi connectivity index (χ0v) is 12.6. The molecule has 0 aliphatic carbocycles. The van der Waals surface area contributed by atoms with E-state index in [0.717, 1.165) is 12.0 Å². The third kappa shape index (κ3) is 2.70. The van der Waals surface area contributed by atoms with Crippen molar-refractivity contribution < 1.29 is 9.53 Å². The molecule has 0 fully saturated rings. The van der Waals surface area contributed by atoms with Gasteiger partial charge in [-0.05, 0) is 31.0 Å². The predicted octanol–water partition coefficient (Wildman–Crippen LogP) is 3.49. The van der Waals surface area contributed by atoms with E-state index in [-0.39, 0.29) is 5.78 Å². The first-order valence-electron chi connectivity index (χ1n) is 6.49. The van der Waals surface area contributed by atoms with Crippen molar-refractivity contribution in [2.24, 2.45) is 0 Å². The number of carbonyl (C=O) groups excluding carboxylic acids is 1. The van der Waals surface area contributed by atoms with E-state index in [0.29, 0.717) is 28.6 Å². The molecular weight excluding hydrogens is 276 g/mol. The van der Waals surface area contributed by atoms with Crippen LogP contribution in [0, 0.1) is 6.92 Å². The lowest BCUT2D eigenvalue weighted by atomic mass is 10.1. The second-order valence-electron chi connectivity index (χ2n) is 4.60. The Bertz CT molecular complexity index is 635. The topological polar surface area (TPSA) is 44.1 Å². The van der Waals surface area contributed by atoms with Crippen LogP contribution in [0.5, 0.6) is 5.75 Å². The van der Waals surface area contributed by atoms with Gasteiger partial charge >= 0.3 is 0 Å². The van der Waals surface area contributed by atoms with Gasteiger partial charge in [-0.1, -0.05) is 24.6 Å². The molecule has 1 aromatic heterocycles. The Kier molecular flexibility index (Phi) is 4.45. The van der Waals surface area contributed by atoms with E-state index < -0.39 is 0 Å². The second-order valence-corrected chi connectivity index (χ2v) is 5.00. The number of hydrogen-bond donors (Lipinski definition) is 0. The summed E-state index contributed by atoms with van der Waals surface area (Å²) in [6, 6.07) is 5.39. The fourth-order valence-electron chi connectivity index (χ4n) is 2.06. The summed E-state index contributed by atoms with van der Waals surface area (Å²) in [5.74, 6) is 0.304. The number of carbonyl (C=O) groups is 1. The van der Waals surface area contributed by atoms with Crippen molar-refractivity contribution in [3.63, 3.8) is 0 Å². The van der Waals surface area contributed by atoms with Crippen molar-refractivity contribution in [1.82, 2.24) is 9.78 Å². The SMILES string of the molecule is CCCn1ncc(OC)c1C(=O)c1ccc(C)cc1Cl. The maximum atomic E-state index is 12.7. The lowest BCUT2D eigenvalue weighted by molar-refractivity contribution is 0.102. The van der Waals surface area contributed by atoms with E-state index in [1.54, 1.807) is 23.0 Å². The molecular formula is C15H17ClN2O2. The summed E-state index contributed by atoms with van der Waals surface area (Å²) >= 11 is 6.17. The van der Waals surface area contributed by atoms with Crippen molar-refractivity contribution in [2.45, 2.75) is 26.8 Å². The number of methoxy groups -OCH3 is 1. The molecule has 2 rings (SSSR count). The Labute approximate surface area is 123 Å². The molecule has 0 bridgehead atoms. The number of ether oxygens (including phenoxy) is 1. The summed E-state index contributed by atoms with van der Waals surface area (Å²) in [7, 11) is 1.53. The smallest absolute Gasteiger partial charge is 0.216 e. The van der Waals surface area contributed by atoms with Crippen LogP contribution < -0.4 is 4.74 Å². The van der Waals surface area contributed by atoms with Gasteiger partial charge in [-0.2, -0.15) is 5.10 Å². The molecule has 1 aromatic carbocycles. The molecule has 0 saturated heterocycles. The van der Waals surface area contributed by atoms with Gasteiger partial charge in [0.1, 0.15) is 0 Å². The molecule has 0 radical (unpaired) electrons. The van der Waals surface area contributed by atoms with Gasteiger partial charge in [-0.3, -0.25) is 9.48 Å². The molecule has 5 heteroatoms. The first-order chi connectivity index (χ1) is 9.58. The van der Waals surface area contributed by atoms with Crippen molar-refractivity contribution in [3.8, 4) is 5.75 Å². The van der Waals surface area contributed by atoms with Crippen molar-refractivity contribution in [2.75, 3.05) is 7.11 Å². The maximum absolute atomic E-state index is 12.7. The highest BCUT2D eigenvalue weighted by Crippen LogP contribution is 2.26. The van der Waals surface area contributed by atoms with Gasteiger partial charge in [0.2, 0.25) is 5.78 Å². The van der Waals surface area contributed by atoms with Gasteiger partial charge in [0.25, 0.3) is 0 Å². The van der Waals surface area contributed by atoms with Crippen LogP contribution in [0.3, 0.4) is 0 Å². The number of rotatable bonds is 5. The lowest BCUT2D eigenvalue weighted by Gasteiger charge is -2.09. The van der Waals surface area contributed by atoms with Crippen LogP contribution >= 0.6 is 11.6 Å². The normalized spacial score (nSPS) is 10.6. The van der Waals surface area contributed by atoms with Gasteiger partial charge in [-0.25, -0.2) is 0 Å². The fourth-order valence-corrected chi connectivity index (χ4v) is 2.38. The third-order valence-corrected chi connectivity index (χ3v) is 3.36. The van der Waals surface area contributed by atoms with Gasteiger partial charge < -0.3 is 4.74 Å². The number of halogens is 1. The van der Waals surface area contributed by atoms with Crippen LogP contribution in [0.1, 0.15) is 35.0 Å². The third-order valence-electron chi connectivity index (χ3n) is 3.05. The minimum Gasteiger partial charge on any atom is -0.493 e. The summed E-state index contributed by atoms with van der Waals surface area (Å²) in [6.07, 6.45) is 2.44. The van der Waals surface area contributed by atoms with Crippen LogP contribution in [0.15, 0.2) is 24.4 Å². The average molecular weight is 293 g/mol. The Morgan fingerprint density at radius 3 is 2.80 bits per heavy atom. The minimum atomic E-state index is -0.169. The lowest BCUT2D eigenvalue weighted by Crippen LogP contribution is -2.13. The molecule has 0 spiro atoms. The quantitative estimate of drug-likeness (QED) is 0.792. The summed E-state index contributed by atoms with van der Waals surface area (Å²) in [6.45, 7) is 4.62. The Balaban J connectivity index is 2.49. The van der Waals surface area contributed by atoms with Gasteiger partial charge in [0, 0.05) is 12.1 Å². The molecule has 1 heterocycles. The number of aryl methyl sites for hydroxylation is 2. The number of hydrogen-bond acceptors (Lipinski definition) is 3. The molecule has 0 unspecified atom stereocenters. The molecule has 0 N–H and O–H groups in total. The highest BCUT2D eigenvalue weighted by atomic mass is 35.5. The first kappa shape index (κ1) is 14.6. The molecule has 0 aliphatic rings. The van der Waals surface area contributed by atoms with Crippen LogP contribution in [-0.2, 0) is 6.54 Å². The van der Waals surface area contributed by atoms with Gasteiger partial charge in [0.05, 0.1) is 18.3 Å².